The normalized spacial score (nSPS) is 20.8. The fraction of sp³-hybridized carbons (Fsp3) is 0.263. The van der Waals surface area contributed by atoms with Gasteiger partial charge >= 0.3 is 0 Å². The molecule has 21 heavy (non-hydrogen) atoms. The Morgan fingerprint density at radius 3 is 2.14 bits per heavy atom. The molecule has 0 fully saturated rings. The quantitative estimate of drug-likeness (QED) is 0.438. The number of carbonyl (C=O) groups is 2. The van der Waals surface area contributed by atoms with Gasteiger partial charge in [0.15, 0.2) is 0 Å². The summed E-state index contributed by atoms with van der Waals surface area (Å²) in [7, 11) is 0. The maximum absolute atomic E-state index is 12.4. The highest BCUT2D eigenvalue weighted by molar-refractivity contribution is 6.52. The molecule has 0 unspecified atom stereocenters. The first-order chi connectivity index (χ1) is 9.99. The first-order valence-electron chi connectivity index (χ1n) is 7.11. The van der Waals surface area contributed by atoms with Crippen molar-refractivity contribution in [1.82, 2.24) is 0 Å². The molecular weight excluding hydrogens is 260 g/mol. The van der Waals surface area contributed by atoms with E-state index in [1.165, 1.54) is 0 Å². The van der Waals surface area contributed by atoms with Crippen LogP contribution in [0.5, 0.6) is 0 Å². The van der Waals surface area contributed by atoms with Crippen LogP contribution in [-0.2, 0) is 9.59 Å². The van der Waals surface area contributed by atoms with Gasteiger partial charge < -0.3 is 0 Å². The van der Waals surface area contributed by atoms with Crippen LogP contribution < -0.4 is 0 Å². The van der Waals surface area contributed by atoms with Crippen molar-refractivity contribution in [3.8, 4) is 0 Å². The molecule has 0 bridgehead atoms. The van der Waals surface area contributed by atoms with Gasteiger partial charge in [-0.3, -0.25) is 9.59 Å². The molecule has 1 rings (SSSR count). The lowest BCUT2D eigenvalue weighted by Crippen LogP contribution is -2.27. The van der Waals surface area contributed by atoms with Gasteiger partial charge in [-0.2, -0.15) is 0 Å². The second-order valence-electron chi connectivity index (χ2n) is 5.04. The zero-order valence-electron chi connectivity index (χ0n) is 13.1. The van der Waals surface area contributed by atoms with Crippen LogP contribution in [0.3, 0.4) is 0 Å². The molecule has 0 atom stereocenters. The molecule has 0 amide bonds. The highest BCUT2D eigenvalue weighted by Crippen LogP contribution is 2.35. The van der Waals surface area contributed by atoms with Crippen molar-refractivity contribution < 1.29 is 9.59 Å². The number of carbonyl (C=O) groups excluding carboxylic acids is 2. The van der Waals surface area contributed by atoms with Gasteiger partial charge in [-0.15, -0.1) is 0 Å². The molecule has 0 aromatic rings. The van der Waals surface area contributed by atoms with Gasteiger partial charge in [-0.25, -0.2) is 0 Å². The van der Waals surface area contributed by atoms with Crippen LogP contribution in [0, 0.1) is 5.92 Å². The zero-order valence-corrected chi connectivity index (χ0v) is 13.1. The third-order valence-electron chi connectivity index (χ3n) is 3.29. The number of ketones is 2. The van der Waals surface area contributed by atoms with Crippen molar-refractivity contribution in [3.05, 3.63) is 71.4 Å². The SMILES string of the molecule is C=C/C=C\C1=C(C(C)C)C(=C/C)/C(=C\C=C/C)C(=O)C1=O. The Labute approximate surface area is 126 Å². The summed E-state index contributed by atoms with van der Waals surface area (Å²) in [6.07, 6.45) is 12.2. The van der Waals surface area contributed by atoms with E-state index in [2.05, 4.69) is 6.58 Å². The molecule has 0 spiro atoms. The average Bonchev–Trinajstić information content (AvgIpc) is 2.46. The third-order valence-corrected chi connectivity index (χ3v) is 3.29. The van der Waals surface area contributed by atoms with Gasteiger partial charge in [-0.1, -0.05) is 63.0 Å². The van der Waals surface area contributed by atoms with Crippen LogP contribution in [-0.4, -0.2) is 11.6 Å². The summed E-state index contributed by atoms with van der Waals surface area (Å²) in [4.78, 5) is 24.8. The van der Waals surface area contributed by atoms with Gasteiger partial charge in [0.25, 0.3) is 0 Å². The van der Waals surface area contributed by atoms with E-state index in [1.54, 1.807) is 30.4 Å². The van der Waals surface area contributed by atoms with Crippen LogP contribution >= 0.6 is 0 Å². The largest absolute Gasteiger partial charge is 0.285 e. The first-order valence-corrected chi connectivity index (χ1v) is 7.11. The molecule has 0 radical (unpaired) electrons. The van der Waals surface area contributed by atoms with E-state index in [0.29, 0.717) is 11.1 Å². The van der Waals surface area contributed by atoms with Crippen molar-refractivity contribution >= 4 is 11.6 Å². The first kappa shape index (κ1) is 16.8. The summed E-state index contributed by atoms with van der Waals surface area (Å²) in [6.45, 7) is 11.4. The van der Waals surface area contributed by atoms with Gasteiger partial charge in [-0.05, 0) is 30.9 Å². The molecule has 2 heteroatoms. The zero-order chi connectivity index (χ0) is 16.0. The maximum atomic E-state index is 12.4. The lowest BCUT2D eigenvalue weighted by Gasteiger charge is -2.25. The minimum Gasteiger partial charge on any atom is -0.285 e. The van der Waals surface area contributed by atoms with Crippen molar-refractivity contribution in [2.75, 3.05) is 0 Å². The number of hydrogen-bond acceptors (Lipinski definition) is 2. The monoisotopic (exact) mass is 282 g/mol. The molecule has 0 heterocycles. The summed E-state index contributed by atoms with van der Waals surface area (Å²) in [6, 6.07) is 0. The van der Waals surface area contributed by atoms with E-state index < -0.39 is 11.6 Å². The summed E-state index contributed by atoms with van der Waals surface area (Å²) >= 11 is 0. The van der Waals surface area contributed by atoms with Crippen molar-refractivity contribution in [2.45, 2.75) is 27.7 Å². The molecule has 0 aliphatic heterocycles. The maximum Gasteiger partial charge on any atom is 0.234 e. The summed E-state index contributed by atoms with van der Waals surface area (Å²) < 4.78 is 0. The molecule has 0 aromatic carbocycles. The summed E-state index contributed by atoms with van der Waals surface area (Å²) in [5.74, 6) is -0.751. The number of rotatable bonds is 4. The predicted molar refractivity (Wildman–Crippen MR) is 87.9 cm³/mol. The van der Waals surface area contributed by atoms with E-state index in [4.69, 9.17) is 0 Å². The topological polar surface area (TPSA) is 34.1 Å². The highest BCUT2D eigenvalue weighted by atomic mass is 16.2. The van der Waals surface area contributed by atoms with Crippen LogP contribution in [0.1, 0.15) is 27.7 Å². The Bertz CT molecular complexity index is 605. The molecule has 110 valence electrons. The second-order valence-corrected chi connectivity index (χ2v) is 5.04. The van der Waals surface area contributed by atoms with Crippen molar-refractivity contribution in [3.63, 3.8) is 0 Å². The fourth-order valence-corrected chi connectivity index (χ4v) is 2.40. The second kappa shape index (κ2) is 7.53. The van der Waals surface area contributed by atoms with Crippen molar-refractivity contribution in [1.29, 1.82) is 0 Å². The van der Waals surface area contributed by atoms with E-state index in [1.807, 2.05) is 39.8 Å². The molecule has 0 aromatic heterocycles. The summed E-state index contributed by atoms with van der Waals surface area (Å²) in [5, 5.41) is 0. The minimum absolute atomic E-state index is 0.145. The third kappa shape index (κ3) is 3.46. The highest BCUT2D eigenvalue weighted by Gasteiger charge is 2.34. The Hall–Kier alpha value is -2.22. The fourth-order valence-electron chi connectivity index (χ4n) is 2.40. The van der Waals surface area contributed by atoms with Crippen LogP contribution in [0.25, 0.3) is 0 Å². The number of allylic oxidation sites excluding steroid dienone is 11. The average molecular weight is 282 g/mol. The molecular formula is C19H22O2. The number of Topliss-reactive ketones (excluding diaryl/α,β-unsaturated/α-hetero) is 2. The van der Waals surface area contributed by atoms with E-state index in [-0.39, 0.29) is 5.92 Å². The van der Waals surface area contributed by atoms with Crippen LogP contribution in [0.4, 0.5) is 0 Å². The van der Waals surface area contributed by atoms with Gasteiger partial charge in [0, 0.05) is 11.1 Å². The lowest BCUT2D eigenvalue weighted by atomic mass is 9.77. The van der Waals surface area contributed by atoms with Gasteiger partial charge in [0.1, 0.15) is 0 Å². The van der Waals surface area contributed by atoms with Gasteiger partial charge in [0.2, 0.25) is 11.6 Å². The van der Waals surface area contributed by atoms with Crippen molar-refractivity contribution in [2.24, 2.45) is 5.92 Å². The minimum atomic E-state index is -0.450. The standard InChI is InChI=1S/C19H22O2/c1-6-9-11-15-14(8-3)17(13(4)5)16(12-10-7-2)19(21)18(15)20/h6-13H,2H2,1,3-5H3/b9-6-,12-10-,14-8+,15-11+. The molecule has 0 N–H and O–H groups in total. The smallest absolute Gasteiger partial charge is 0.234 e. The molecule has 0 saturated heterocycles. The Morgan fingerprint density at radius 1 is 1.00 bits per heavy atom. The van der Waals surface area contributed by atoms with Crippen LogP contribution in [0.15, 0.2) is 71.4 Å². The van der Waals surface area contributed by atoms with E-state index in [9.17, 15) is 9.59 Å². The molecule has 2 nitrogen and oxygen atoms in total. The Balaban J connectivity index is 3.66. The molecule has 0 saturated carbocycles. The Morgan fingerprint density at radius 2 is 1.67 bits per heavy atom. The van der Waals surface area contributed by atoms with E-state index in [0.717, 1.165) is 11.1 Å². The summed E-state index contributed by atoms with van der Waals surface area (Å²) in [5.41, 5.74) is 2.70. The molecule has 1 aliphatic rings. The van der Waals surface area contributed by atoms with Crippen LogP contribution in [0.2, 0.25) is 0 Å². The molecule has 1 aliphatic carbocycles. The predicted octanol–water partition coefficient (Wildman–Crippen LogP) is 4.28. The Kier molecular flexibility index (Phi) is 6.04. The van der Waals surface area contributed by atoms with E-state index >= 15 is 0 Å². The number of hydrogen-bond donors (Lipinski definition) is 0. The van der Waals surface area contributed by atoms with Gasteiger partial charge in [0.05, 0.1) is 0 Å². The lowest BCUT2D eigenvalue weighted by molar-refractivity contribution is -0.132.